The molecule has 18 heavy (non-hydrogen) atoms. The quantitative estimate of drug-likeness (QED) is 0.502. The molecule has 2 N–H and O–H groups in total. The van der Waals surface area contributed by atoms with E-state index < -0.39 is 0 Å². The zero-order chi connectivity index (χ0) is 13.5. The number of quaternary nitrogens is 2. The van der Waals surface area contributed by atoms with Crippen LogP contribution in [0.25, 0.3) is 5.32 Å². The summed E-state index contributed by atoms with van der Waals surface area (Å²) in [6.07, 6.45) is 4.60. The van der Waals surface area contributed by atoms with Gasteiger partial charge in [0.15, 0.2) is 0 Å². The summed E-state index contributed by atoms with van der Waals surface area (Å²) in [5.74, 6) is 0. The van der Waals surface area contributed by atoms with Crippen molar-refractivity contribution >= 4 is 0 Å². The summed E-state index contributed by atoms with van der Waals surface area (Å²) in [5.41, 5.74) is 1.41. The van der Waals surface area contributed by atoms with Crippen LogP contribution in [0.1, 0.15) is 33.6 Å². The molecule has 0 aromatic rings. The Bertz CT molecular complexity index is 227. The average molecular weight is 249 g/mol. The number of nitrogens with zero attached hydrogens (tertiary/aromatic N) is 1. The maximum absolute atomic E-state index is 4.48. The molecule has 1 aliphatic rings. The molecule has 0 spiro atoms. The summed E-state index contributed by atoms with van der Waals surface area (Å²) in [6.45, 7) is 8.97. The second-order valence-corrected chi connectivity index (χ2v) is 6.22. The Morgan fingerprint density at radius 3 is 1.78 bits per heavy atom. The minimum absolute atomic E-state index is 0. The Balaban J connectivity index is 0. The monoisotopic (exact) mass is 249 g/mol. The van der Waals surface area contributed by atoms with Crippen molar-refractivity contribution in [2.45, 2.75) is 39.2 Å². The van der Waals surface area contributed by atoms with Crippen molar-refractivity contribution in [3.8, 4) is 0 Å². The fourth-order valence-corrected chi connectivity index (χ4v) is 1.71. The van der Waals surface area contributed by atoms with E-state index in [0.717, 1.165) is 0 Å². The van der Waals surface area contributed by atoms with E-state index in [0.29, 0.717) is 0 Å². The fourth-order valence-electron chi connectivity index (χ4n) is 1.71. The third-order valence-corrected chi connectivity index (χ3v) is 2.80. The van der Waals surface area contributed by atoms with E-state index in [1.807, 2.05) is 0 Å². The van der Waals surface area contributed by atoms with Gasteiger partial charge in [-0.2, -0.15) is 5.70 Å². The van der Waals surface area contributed by atoms with Gasteiger partial charge in [-0.1, -0.05) is 27.2 Å². The van der Waals surface area contributed by atoms with E-state index in [1.165, 1.54) is 41.4 Å². The van der Waals surface area contributed by atoms with Crippen LogP contribution in [0.3, 0.4) is 0 Å². The number of hydrogen-bond donors (Lipinski definition) is 2. The molecule has 0 amide bonds. The first-order valence-electron chi connectivity index (χ1n) is 6.70. The van der Waals surface area contributed by atoms with Crippen molar-refractivity contribution in [1.82, 2.24) is 0 Å². The SMILES string of the molecule is CC1=CCCC(C)(C)[N-]1.C[NH+](C)CC[NH+](C)C.[Li+]. The second kappa shape index (κ2) is 9.92. The van der Waals surface area contributed by atoms with Gasteiger partial charge in [0.25, 0.3) is 0 Å². The molecule has 4 heteroatoms. The molecule has 0 unspecified atom stereocenters. The molecule has 0 aromatic heterocycles. The molecule has 0 atom stereocenters. The van der Waals surface area contributed by atoms with Gasteiger partial charge in [0.05, 0.1) is 28.2 Å². The van der Waals surface area contributed by atoms with Crippen molar-refractivity contribution < 1.29 is 28.7 Å². The summed E-state index contributed by atoms with van der Waals surface area (Å²) in [6, 6.07) is 0. The van der Waals surface area contributed by atoms with E-state index in [9.17, 15) is 0 Å². The molecule has 0 bridgehead atoms. The predicted octanol–water partition coefficient (Wildman–Crippen LogP) is -2.88. The first-order valence-corrected chi connectivity index (χ1v) is 6.70. The van der Waals surface area contributed by atoms with Gasteiger partial charge in [-0.25, -0.2) is 0 Å². The summed E-state index contributed by atoms with van der Waals surface area (Å²) < 4.78 is 0. The smallest absolute Gasteiger partial charge is 0.683 e. The number of nitrogens with one attached hydrogen (secondary N) is 2. The van der Waals surface area contributed by atoms with Gasteiger partial charge in [0, 0.05) is 0 Å². The number of hydrogen-bond acceptors (Lipinski definition) is 0. The van der Waals surface area contributed by atoms with Crippen LogP contribution in [0.5, 0.6) is 0 Å². The van der Waals surface area contributed by atoms with Crippen LogP contribution in [0.4, 0.5) is 0 Å². The molecule has 102 valence electrons. The molecule has 0 saturated carbocycles. The van der Waals surface area contributed by atoms with Crippen LogP contribution in [-0.4, -0.2) is 46.8 Å². The van der Waals surface area contributed by atoms with Crippen LogP contribution in [0, 0.1) is 0 Å². The van der Waals surface area contributed by atoms with E-state index >= 15 is 0 Å². The van der Waals surface area contributed by atoms with Gasteiger partial charge in [-0.15, -0.1) is 11.6 Å². The van der Waals surface area contributed by atoms with E-state index in [2.05, 4.69) is 60.4 Å². The van der Waals surface area contributed by atoms with Gasteiger partial charge in [-0.3, -0.25) is 0 Å². The third kappa shape index (κ3) is 12.5. The maximum atomic E-state index is 4.48. The predicted molar refractivity (Wildman–Crippen MR) is 75.8 cm³/mol. The van der Waals surface area contributed by atoms with Gasteiger partial charge >= 0.3 is 18.9 Å². The molecule has 1 rings (SSSR count). The largest absolute Gasteiger partial charge is 1.00 e. The van der Waals surface area contributed by atoms with Crippen molar-refractivity contribution in [2.24, 2.45) is 0 Å². The Hall–Kier alpha value is 0.0574. The number of allylic oxidation sites excluding steroid dienone is 2. The van der Waals surface area contributed by atoms with E-state index in [4.69, 9.17) is 0 Å². The van der Waals surface area contributed by atoms with Gasteiger partial charge in [0.1, 0.15) is 13.1 Å². The summed E-state index contributed by atoms with van der Waals surface area (Å²) in [5, 5.41) is 4.48. The number of likely N-dealkylation sites (N-methyl/N-ethyl adjacent to an activating group) is 2. The molecule has 0 radical (unpaired) electrons. The van der Waals surface area contributed by atoms with Crippen molar-refractivity contribution in [3.05, 3.63) is 17.1 Å². The molecule has 0 saturated heterocycles. The zero-order valence-electron chi connectivity index (χ0n) is 13.9. The summed E-state index contributed by atoms with van der Waals surface area (Å²) in [4.78, 5) is 3.07. The van der Waals surface area contributed by atoms with Crippen LogP contribution >= 0.6 is 0 Å². The molecule has 0 fully saturated rings. The first-order chi connectivity index (χ1) is 7.73. The standard InChI is InChI=1S/C8H14N.C6H16N2.Li/c1-7-5-4-6-8(2,3)9-7;1-7(2)5-6-8(3)4;/h5H,4,6H2,1-3H3;5-6H2,1-4H3;/q-1;;+1/p+2. The topological polar surface area (TPSA) is 23.0 Å². The van der Waals surface area contributed by atoms with Crippen molar-refractivity contribution in [1.29, 1.82) is 0 Å². The van der Waals surface area contributed by atoms with Crippen molar-refractivity contribution in [3.63, 3.8) is 0 Å². The Morgan fingerprint density at radius 2 is 1.56 bits per heavy atom. The van der Waals surface area contributed by atoms with E-state index in [-0.39, 0.29) is 24.4 Å². The normalized spacial score (nSPS) is 17.3. The van der Waals surface area contributed by atoms with Crippen molar-refractivity contribution in [2.75, 3.05) is 41.3 Å². The summed E-state index contributed by atoms with van der Waals surface area (Å²) >= 11 is 0. The van der Waals surface area contributed by atoms with E-state index in [1.54, 1.807) is 0 Å². The van der Waals surface area contributed by atoms with Gasteiger partial charge in [0.2, 0.25) is 0 Å². The van der Waals surface area contributed by atoms with Gasteiger partial charge < -0.3 is 15.1 Å². The Labute approximate surface area is 126 Å². The van der Waals surface area contributed by atoms with Gasteiger partial charge in [-0.05, 0) is 6.42 Å². The molecule has 1 heterocycles. The second-order valence-electron chi connectivity index (χ2n) is 6.22. The first kappa shape index (κ1) is 20.4. The maximum Gasteiger partial charge on any atom is 1.00 e. The molecule has 3 nitrogen and oxygen atoms in total. The minimum atomic E-state index is 0. The molecular weight excluding hydrogens is 217 g/mol. The molecule has 0 aromatic carbocycles. The Morgan fingerprint density at radius 1 is 1.11 bits per heavy atom. The zero-order valence-corrected chi connectivity index (χ0v) is 13.9. The van der Waals surface area contributed by atoms with Crippen LogP contribution in [0.2, 0.25) is 0 Å². The number of rotatable bonds is 3. The molecule has 1 aliphatic heterocycles. The fraction of sp³-hybridized carbons (Fsp3) is 0.857. The third-order valence-electron chi connectivity index (χ3n) is 2.80. The average Bonchev–Trinajstić information content (AvgIpc) is 2.13. The Kier molecular flexibility index (Phi) is 11.2. The van der Waals surface area contributed by atoms with Crippen LogP contribution in [-0.2, 0) is 0 Å². The molecule has 0 aliphatic carbocycles. The minimum Gasteiger partial charge on any atom is -0.683 e. The van der Waals surface area contributed by atoms with Crippen LogP contribution < -0.4 is 28.7 Å². The summed E-state index contributed by atoms with van der Waals surface area (Å²) in [7, 11) is 8.73. The van der Waals surface area contributed by atoms with Crippen LogP contribution in [0.15, 0.2) is 11.8 Å². The molecular formula is C14H32LiN3+2.